The van der Waals surface area contributed by atoms with E-state index in [1.807, 2.05) is 19.1 Å². The van der Waals surface area contributed by atoms with E-state index in [0.29, 0.717) is 22.5 Å². The van der Waals surface area contributed by atoms with Crippen molar-refractivity contribution in [1.29, 1.82) is 0 Å². The molecule has 0 saturated heterocycles. The van der Waals surface area contributed by atoms with Crippen LogP contribution in [-0.4, -0.2) is 28.3 Å². The second-order valence-corrected chi connectivity index (χ2v) is 12.5. The number of benzene rings is 3. The molecule has 0 saturated carbocycles. The number of aryl methyl sites for hydroxylation is 3. The van der Waals surface area contributed by atoms with Gasteiger partial charge in [-0.3, -0.25) is 0 Å². The third-order valence-corrected chi connectivity index (χ3v) is 9.35. The predicted octanol–water partition coefficient (Wildman–Crippen LogP) is 5.51. The average Bonchev–Trinajstić information content (AvgIpc) is 3.36. The summed E-state index contributed by atoms with van der Waals surface area (Å²) in [4.78, 5) is -0.0489. The molecule has 1 heterocycles. The van der Waals surface area contributed by atoms with Crippen LogP contribution in [0, 0.1) is 26.6 Å². The van der Waals surface area contributed by atoms with Gasteiger partial charge in [-0.1, -0.05) is 23.8 Å². The van der Waals surface area contributed by atoms with Gasteiger partial charge in [-0.25, -0.2) is 12.8 Å². The van der Waals surface area contributed by atoms with Crippen LogP contribution in [0.1, 0.15) is 28.0 Å². The molecule has 1 aromatic heterocycles. The first-order valence-electron chi connectivity index (χ1n) is 11.9. The van der Waals surface area contributed by atoms with Gasteiger partial charge in [0.25, 0.3) is 0 Å². The summed E-state index contributed by atoms with van der Waals surface area (Å²) in [7, 11) is -7.00. The molecule has 206 valence electrons. The van der Waals surface area contributed by atoms with Gasteiger partial charge < -0.3 is 13.3 Å². The monoisotopic (exact) mass is 573 g/mol. The standard InChI is InChI=1S/C28H28FNO7S2/c1-19-14-20(2)28(21(3)15-19)38(31,32)30(18-24-6-5-13-36-24)17-22-7-12-26(35-4)27(16-22)37-39(33,34)25-10-8-23(29)9-11-25/h5-16H,17-18H2,1-4H3. The first-order valence-corrected chi connectivity index (χ1v) is 14.7. The average molecular weight is 574 g/mol. The van der Waals surface area contributed by atoms with Crippen molar-refractivity contribution in [2.75, 3.05) is 7.11 Å². The van der Waals surface area contributed by atoms with E-state index in [9.17, 15) is 21.2 Å². The number of nitrogens with zero attached hydrogens (tertiary/aromatic N) is 1. The molecule has 39 heavy (non-hydrogen) atoms. The summed E-state index contributed by atoms with van der Waals surface area (Å²) in [6.45, 7) is 5.22. The third kappa shape index (κ3) is 6.32. The normalized spacial score (nSPS) is 12.1. The minimum atomic E-state index is -4.33. The van der Waals surface area contributed by atoms with Crippen molar-refractivity contribution in [3.63, 3.8) is 0 Å². The van der Waals surface area contributed by atoms with Gasteiger partial charge in [0.05, 0.1) is 24.8 Å². The molecule has 4 aromatic rings. The van der Waals surface area contributed by atoms with Crippen LogP contribution in [-0.2, 0) is 33.2 Å². The summed E-state index contributed by atoms with van der Waals surface area (Å²) in [6.07, 6.45) is 1.46. The number of sulfonamides is 1. The Kier molecular flexibility index (Phi) is 8.15. The third-order valence-electron chi connectivity index (χ3n) is 6.00. The van der Waals surface area contributed by atoms with Crippen LogP contribution in [0.3, 0.4) is 0 Å². The SMILES string of the molecule is COc1ccc(CN(Cc2ccco2)S(=O)(=O)c2c(C)cc(C)cc2C)cc1OS(=O)(=O)c1ccc(F)cc1. The van der Waals surface area contributed by atoms with Crippen LogP contribution in [0.2, 0.25) is 0 Å². The molecule has 0 aliphatic carbocycles. The molecule has 0 amide bonds. The number of halogens is 1. The number of ether oxygens (including phenoxy) is 1. The fourth-order valence-corrected chi connectivity index (χ4v) is 7.10. The van der Waals surface area contributed by atoms with E-state index >= 15 is 0 Å². The molecular weight excluding hydrogens is 545 g/mol. The lowest BCUT2D eigenvalue weighted by atomic mass is 10.1. The molecule has 3 aromatic carbocycles. The van der Waals surface area contributed by atoms with Crippen molar-refractivity contribution in [3.8, 4) is 11.5 Å². The van der Waals surface area contributed by atoms with Crippen LogP contribution in [0.25, 0.3) is 0 Å². The van der Waals surface area contributed by atoms with Crippen molar-refractivity contribution >= 4 is 20.1 Å². The van der Waals surface area contributed by atoms with Crippen molar-refractivity contribution in [2.24, 2.45) is 0 Å². The first kappa shape index (κ1) is 28.3. The molecule has 0 spiro atoms. The lowest BCUT2D eigenvalue weighted by Gasteiger charge is -2.24. The summed E-state index contributed by atoms with van der Waals surface area (Å²) in [6, 6.07) is 15.7. The van der Waals surface area contributed by atoms with Crippen LogP contribution < -0.4 is 8.92 Å². The number of rotatable bonds is 10. The second-order valence-electron chi connectivity index (χ2n) is 9.06. The Morgan fingerprint density at radius 1 is 0.846 bits per heavy atom. The molecule has 0 atom stereocenters. The molecule has 0 fully saturated rings. The van der Waals surface area contributed by atoms with Crippen LogP contribution >= 0.6 is 0 Å². The zero-order valence-corrected chi connectivity index (χ0v) is 23.5. The van der Waals surface area contributed by atoms with Gasteiger partial charge in [0.1, 0.15) is 16.5 Å². The fraction of sp³-hybridized carbons (Fsp3) is 0.214. The van der Waals surface area contributed by atoms with Crippen molar-refractivity contribution in [3.05, 3.63) is 107 Å². The van der Waals surface area contributed by atoms with Crippen LogP contribution in [0.5, 0.6) is 11.5 Å². The highest BCUT2D eigenvalue weighted by Crippen LogP contribution is 2.33. The van der Waals surface area contributed by atoms with Crippen molar-refractivity contribution in [1.82, 2.24) is 4.31 Å². The second kappa shape index (κ2) is 11.2. The molecule has 0 radical (unpaired) electrons. The summed E-state index contributed by atoms with van der Waals surface area (Å²) in [5, 5.41) is 0. The molecule has 0 bridgehead atoms. The van der Waals surface area contributed by atoms with E-state index in [-0.39, 0.29) is 34.4 Å². The van der Waals surface area contributed by atoms with Gasteiger partial charge in [-0.2, -0.15) is 12.7 Å². The molecule has 0 N–H and O–H groups in total. The largest absolute Gasteiger partial charge is 0.493 e. The minimum absolute atomic E-state index is 0.0574. The van der Waals surface area contributed by atoms with Gasteiger partial charge in [0.15, 0.2) is 11.5 Å². The smallest absolute Gasteiger partial charge is 0.339 e. The molecule has 8 nitrogen and oxygen atoms in total. The number of methoxy groups -OCH3 is 1. The Balaban J connectivity index is 1.73. The maximum Gasteiger partial charge on any atom is 0.339 e. The molecule has 11 heteroatoms. The van der Waals surface area contributed by atoms with Gasteiger partial charge >= 0.3 is 10.1 Å². The topological polar surface area (TPSA) is 103 Å². The Hall–Kier alpha value is -3.67. The van der Waals surface area contributed by atoms with E-state index in [2.05, 4.69) is 0 Å². The Morgan fingerprint density at radius 3 is 2.10 bits per heavy atom. The van der Waals surface area contributed by atoms with E-state index in [0.717, 1.165) is 29.8 Å². The van der Waals surface area contributed by atoms with Crippen molar-refractivity contribution in [2.45, 2.75) is 43.7 Å². The highest BCUT2D eigenvalue weighted by Gasteiger charge is 2.30. The summed E-state index contributed by atoms with van der Waals surface area (Å²) < 4.78 is 84.3. The summed E-state index contributed by atoms with van der Waals surface area (Å²) in [5.41, 5.74) is 2.61. The summed E-state index contributed by atoms with van der Waals surface area (Å²) in [5.74, 6) is -0.178. The van der Waals surface area contributed by atoms with Crippen LogP contribution in [0.15, 0.2) is 87.2 Å². The van der Waals surface area contributed by atoms with Gasteiger partial charge in [0.2, 0.25) is 10.0 Å². The van der Waals surface area contributed by atoms with E-state index < -0.39 is 26.0 Å². The molecule has 0 unspecified atom stereocenters. The maximum atomic E-state index is 14.0. The Bertz CT molecular complexity index is 1660. The van der Waals surface area contributed by atoms with E-state index in [1.54, 1.807) is 32.0 Å². The van der Waals surface area contributed by atoms with Gasteiger partial charge in [-0.05, 0) is 86.0 Å². The van der Waals surface area contributed by atoms with Crippen LogP contribution in [0.4, 0.5) is 4.39 Å². The fourth-order valence-electron chi connectivity index (χ4n) is 4.36. The first-order chi connectivity index (χ1) is 18.4. The quantitative estimate of drug-likeness (QED) is 0.231. The highest BCUT2D eigenvalue weighted by molar-refractivity contribution is 7.89. The highest BCUT2D eigenvalue weighted by atomic mass is 32.2. The lowest BCUT2D eigenvalue weighted by molar-refractivity contribution is 0.356. The number of hydrogen-bond donors (Lipinski definition) is 0. The number of furan rings is 1. The molecular formula is C28H28FNO7S2. The summed E-state index contributed by atoms with van der Waals surface area (Å²) >= 11 is 0. The predicted molar refractivity (Wildman–Crippen MR) is 143 cm³/mol. The van der Waals surface area contributed by atoms with E-state index in [4.69, 9.17) is 13.3 Å². The molecule has 4 rings (SSSR count). The lowest BCUT2D eigenvalue weighted by Crippen LogP contribution is -2.31. The van der Waals surface area contributed by atoms with E-state index in [1.165, 1.54) is 29.8 Å². The number of hydrogen-bond acceptors (Lipinski definition) is 7. The Morgan fingerprint density at radius 2 is 1.51 bits per heavy atom. The zero-order chi connectivity index (χ0) is 28.4. The minimum Gasteiger partial charge on any atom is -0.493 e. The maximum absolute atomic E-state index is 14.0. The van der Waals surface area contributed by atoms with Gasteiger partial charge in [-0.15, -0.1) is 0 Å². The molecule has 0 aliphatic heterocycles. The Labute approximate surface area is 227 Å². The van der Waals surface area contributed by atoms with Gasteiger partial charge in [0, 0.05) is 6.54 Å². The molecule has 0 aliphatic rings. The zero-order valence-electron chi connectivity index (χ0n) is 21.8. The van der Waals surface area contributed by atoms with Crippen molar-refractivity contribution < 1.29 is 34.6 Å².